The summed E-state index contributed by atoms with van der Waals surface area (Å²) in [5.41, 5.74) is -0.566. The molecule has 0 fully saturated rings. The fraction of sp³-hybridized carbons (Fsp3) is 0. The van der Waals surface area contributed by atoms with Gasteiger partial charge < -0.3 is 10.3 Å². The van der Waals surface area contributed by atoms with Crippen molar-refractivity contribution >= 4 is 29.2 Å². The lowest BCUT2D eigenvalue weighted by atomic mass is 10.3. The zero-order chi connectivity index (χ0) is 9.30. The number of aromatic carboxylic acids is 1. The summed E-state index contributed by atoms with van der Waals surface area (Å²) in [4.78, 5) is 10.4. The fourth-order valence-electron chi connectivity index (χ4n) is 0.681. The van der Waals surface area contributed by atoms with E-state index in [0.717, 1.165) is 0 Å². The van der Waals surface area contributed by atoms with Crippen LogP contribution in [-0.2, 0) is 0 Å². The molecule has 0 saturated heterocycles. The molecule has 1 aromatic rings. The van der Waals surface area contributed by atoms with Crippen LogP contribution >= 0.6 is 23.2 Å². The zero-order valence-electron chi connectivity index (χ0n) is 5.62. The lowest BCUT2D eigenvalue weighted by molar-refractivity contribution is -0.605. The van der Waals surface area contributed by atoms with Gasteiger partial charge in [0.1, 0.15) is 5.02 Å². The summed E-state index contributed by atoms with van der Waals surface area (Å²) < 4.78 is 0.0617. The first-order valence-corrected chi connectivity index (χ1v) is 3.60. The monoisotopic (exact) mass is 207 g/mol. The number of nitrogens with zero attached hydrogens (tertiary/aromatic N) is 1. The summed E-state index contributed by atoms with van der Waals surface area (Å²) in [6, 6.07) is 2.48. The van der Waals surface area contributed by atoms with Crippen LogP contribution in [0.5, 0.6) is 0 Å². The van der Waals surface area contributed by atoms with Gasteiger partial charge in [-0.15, -0.1) is 4.73 Å². The van der Waals surface area contributed by atoms with E-state index < -0.39 is 11.7 Å². The number of halogens is 2. The number of aromatic nitrogens is 1. The maximum Gasteiger partial charge on any atom is 0.404 e. The van der Waals surface area contributed by atoms with Gasteiger partial charge in [-0.1, -0.05) is 11.6 Å². The third-order valence-corrected chi connectivity index (χ3v) is 1.78. The van der Waals surface area contributed by atoms with Gasteiger partial charge in [0.15, 0.2) is 0 Å². The summed E-state index contributed by atoms with van der Waals surface area (Å²) >= 11 is 10.8. The quantitative estimate of drug-likeness (QED) is 0.430. The van der Waals surface area contributed by atoms with Crippen LogP contribution in [-0.4, -0.2) is 11.1 Å². The van der Waals surface area contributed by atoms with E-state index in [2.05, 4.69) is 0 Å². The highest BCUT2D eigenvalue weighted by Gasteiger charge is 2.21. The van der Waals surface area contributed by atoms with E-state index in [1.54, 1.807) is 0 Å². The van der Waals surface area contributed by atoms with Crippen molar-refractivity contribution in [1.82, 2.24) is 0 Å². The third-order valence-electron chi connectivity index (χ3n) is 1.19. The van der Waals surface area contributed by atoms with Gasteiger partial charge in [-0.25, -0.2) is 4.79 Å². The number of hydrogen-bond acceptors (Lipinski definition) is 2. The molecule has 64 valence electrons. The normalized spacial score (nSPS) is 9.83. The summed E-state index contributed by atoms with van der Waals surface area (Å²) in [6.07, 6.45) is 0. The Morgan fingerprint density at radius 2 is 2.08 bits per heavy atom. The molecule has 1 rings (SSSR count). The van der Waals surface area contributed by atoms with Gasteiger partial charge >= 0.3 is 11.7 Å². The van der Waals surface area contributed by atoms with E-state index in [1.807, 2.05) is 0 Å². The van der Waals surface area contributed by atoms with Gasteiger partial charge in [-0.05, 0) is 17.7 Å². The maximum atomic E-state index is 11.0. The molecule has 0 saturated carbocycles. The van der Waals surface area contributed by atoms with E-state index in [-0.39, 0.29) is 14.9 Å². The summed E-state index contributed by atoms with van der Waals surface area (Å²) in [6.45, 7) is 0. The van der Waals surface area contributed by atoms with Gasteiger partial charge in [0.05, 0.1) is 0 Å². The molecular weight excluding hydrogens is 205 g/mol. The minimum absolute atomic E-state index is 0.0617. The number of carboxylic acid groups (broad SMARTS) is 1. The number of carbonyl (C=O) groups is 1. The highest BCUT2D eigenvalue weighted by molar-refractivity contribution is 6.33. The van der Waals surface area contributed by atoms with Crippen molar-refractivity contribution in [2.75, 3.05) is 0 Å². The fourth-order valence-corrected chi connectivity index (χ4v) is 1.05. The second kappa shape index (κ2) is 3.16. The largest absolute Gasteiger partial charge is 0.617 e. The molecule has 1 aromatic heterocycles. The first-order valence-electron chi connectivity index (χ1n) is 2.85. The number of hydrogen-bond donors (Lipinski definition) is 1. The molecule has 0 atom stereocenters. The first-order chi connectivity index (χ1) is 5.54. The minimum Gasteiger partial charge on any atom is -0.617 e. The van der Waals surface area contributed by atoms with Crippen molar-refractivity contribution in [1.29, 1.82) is 0 Å². The highest BCUT2D eigenvalue weighted by atomic mass is 35.5. The highest BCUT2D eigenvalue weighted by Crippen LogP contribution is 2.14. The standard InChI is InChI=1S/C6H3Cl2NO3/c7-3-1-2-4(8)9(12)5(3)6(10)11/h1-2H,(H,10,11). The van der Waals surface area contributed by atoms with Crippen molar-refractivity contribution in [3.8, 4) is 0 Å². The van der Waals surface area contributed by atoms with Crippen molar-refractivity contribution in [2.45, 2.75) is 0 Å². The number of pyridine rings is 1. The van der Waals surface area contributed by atoms with Crippen LogP contribution < -0.4 is 4.73 Å². The molecule has 0 aliphatic carbocycles. The van der Waals surface area contributed by atoms with E-state index in [1.165, 1.54) is 12.1 Å². The lowest BCUT2D eigenvalue weighted by Crippen LogP contribution is -2.36. The van der Waals surface area contributed by atoms with Crippen LogP contribution in [0.15, 0.2) is 12.1 Å². The molecule has 4 nitrogen and oxygen atoms in total. The van der Waals surface area contributed by atoms with Crippen molar-refractivity contribution in [3.05, 3.63) is 33.2 Å². The molecular formula is C6H3Cl2NO3. The van der Waals surface area contributed by atoms with Gasteiger partial charge in [-0.2, -0.15) is 0 Å². The molecule has 1 N–H and O–H groups in total. The molecule has 0 aliphatic rings. The molecule has 1 heterocycles. The Morgan fingerprint density at radius 3 is 2.50 bits per heavy atom. The predicted octanol–water partition coefficient (Wildman–Crippen LogP) is 1.32. The summed E-state index contributed by atoms with van der Waals surface area (Å²) in [5, 5.41) is 19.1. The second-order valence-corrected chi connectivity index (χ2v) is 2.75. The lowest BCUT2D eigenvalue weighted by Gasteiger charge is -2.02. The van der Waals surface area contributed by atoms with Crippen molar-refractivity contribution in [3.63, 3.8) is 0 Å². The Kier molecular flexibility index (Phi) is 2.40. The molecule has 0 aromatic carbocycles. The molecule has 0 aliphatic heterocycles. The van der Waals surface area contributed by atoms with E-state index in [0.29, 0.717) is 0 Å². The number of rotatable bonds is 1. The Bertz CT molecular complexity index is 340. The zero-order valence-corrected chi connectivity index (χ0v) is 7.13. The second-order valence-electron chi connectivity index (χ2n) is 1.95. The average Bonchev–Trinajstić information content (AvgIpc) is 1.97. The van der Waals surface area contributed by atoms with E-state index in [9.17, 15) is 10.0 Å². The Labute approximate surface area is 77.5 Å². The van der Waals surface area contributed by atoms with E-state index in [4.69, 9.17) is 28.3 Å². The molecule has 0 radical (unpaired) electrons. The van der Waals surface area contributed by atoms with Crippen LogP contribution in [0.1, 0.15) is 10.5 Å². The first kappa shape index (κ1) is 9.09. The Morgan fingerprint density at radius 1 is 1.50 bits per heavy atom. The predicted molar refractivity (Wildman–Crippen MR) is 42.4 cm³/mol. The van der Waals surface area contributed by atoms with Gasteiger partial charge in [-0.3, -0.25) is 0 Å². The molecule has 0 unspecified atom stereocenters. The minimum atomic E-state index is -1.41. The van der Waals surface area contributed by atoms with Crippen LogP contribution in [0.2, 0.25) is 10.2 Å². The van der Waals surface area contributed by atoms with Crippen LogP contribution in [0.25, 0.3) is 0 Å². The van der Waals surface area contributed by atoms with Crippen molar-refractivity contribution < 1.29 is 14.6 Å². The molecule has 0 spiro atoms. The van der Waals surface area contributed by atoms with Crippen molar-refractivity contribution in [2.24, 2.45) is 0 Å². The molecule has 12 heavy (non-hydrogen) atoms. The third kappa shape index (κ3) is 1.44. The smallest absolute Gasteiger partial charge is 0.404 e. The maximum absolute atomic E-state index is 11.0. The molecule has 0 amide bonds. The van der Waals surface area contributed by atoms with E-state index >= 15 is 0 Å². The summed E-state index contributed by atoms with van der Waals surface area (Å²) in [5.74, 6) is -1.41. The van der Waals surface area contributed by atoms with Gasteiger partial charge in [0.2, 0.25) is 0 Å². The van der Waals surface area contributed by atoms with Crippen LogP contribution in [0, 0.1) is 5.21 Å². The SMILES string of the molecule is O=C(O)c1c(Cl)ccc(Cl)[n+]1[O-]. The van der Waals surface area contributed by atoms with Gasteiger partial charge in [0, 0.05) is 6.07 Å². The number of carboxylic acids is 1. The molecule has 6 heteroatoms. The average molecular weight is 208 g/mol. The Balaban J connectivity index is 3.43. The molecule has 0 bridgehead atoms. The Hall–Kier alpha value is -1.00. The van der Waals surface area contributed by atoms with Crippen LogP contribution in [0.3, 0.4) is 0 Å². The summed E-state index contributed by atoms with van der Waals surface area (Å²) in [7, 11) is 0. The van der Waals surface area contributed by atoms with Crippen LogP contribution in [0.4, 0.5) is 0 Å². The van der Waals surface area contributed by atoms with Gasteiger partial charge in [0.25, 0.3) is 5.15 Å². The topological polar surface area (TPSA) is 64.2 Å².